The second-order valence-electron chi connectivity index (χ2n) is 17.8. The number of benzene rings is 5. The van der Waals surface area contributed by atoms with Crippen LogP contribution < -0.4 is 50.4 Å². The average molecular weight is 943 g/mol. The highest BCUT2D eigenvalue weighted by atomic mass is 33.1. The molecule has 5 N–H and O–H groups in total. The van der Waals surface area contributed by atoms with Crippen LogP contribution in [0.15, 0.2) is 91.0 Å². The predicted octanol–water partition coefficient (Wildman–Crippen LogP) is 8.61. The predicted molar refractivity (Wildman–Crippen MR) is 265 cm³/mol. The van der Waals surface area contributed by atoms with Gasteiger partial charge in [0.2, 0.25) is 11.8 Å². The van der Waals surface area contributed by atoms with Gasteiger partial charge in [-0.1, -0.05) is 58.0 Å². The van der Waals surface area contributed by atoms with Crippen LogP contribution in [0, 0.1) is 0 Å². The molecule has 2 atom stereocenters. The molecule has 4 aliphatic heterocycles. The number of hydrogen-bond acceptors (Lipinski definition) is 12. The van der Waals surface area contributed by atoms with Crippen LogP contribution >= 0.6 is 21.6 Å². The monoisotopic (exact) mass is 942 g/mol. The van der Waals surface area contributed by atoms with Gasteiger partial charge < -0.3 is 50.4 Å². The van der Waals surface area contributed by atoms with Crippen LogP contribution in [-0.2, 0) is 35.6 Å². The molecule has 0 saturated carbocycles. The number of rotatable bonds is 17. The summed E-state index contributed by atoms with van der Waals surface area (Å²) in [5.74, 6) is 1.77. The van der Waals surface area contributed by atoms with E-state index in [-0.39, 0.29) is 55.3 Å². The van der Waals surface area contributed by atoms with E-state index in [1.165, 1.54) is 0 Å². The zero-order chi connectivity index (χ0) is 46.8. The van der Waals surface area contributed by atoms with Crippen LogP contribution in [0.3, 0.4) is 0 Å². The lowest BCUT2D eigenvalue weighted by Gasteiger charge is -2.23. The third-order valence-corrected chi connectivity index (χ3v) is 15.7. The smallest absolute Gasteiger partial charge is 0.260 e. The van der Waals surface area contributed by atoms with Crippen LogP contribution in [0.5, 0.6) is 23.0 Å². The van der Waals surface area contributed by atoms with Crippen molar-refractivity contribution in [2.24, 2.45) is 5.73 Å². The second kappa shape index (κ2) is 19.4. The first kappa shape index (κ1) is 45.6. The number of amides is 4. The molecule has 14 nitrogen and oxygen atoms in total. The number of methoxy groups -OCH3 is 2. The largest absolute Gasteiger partial charge is 0.493 e. The molecule has 16 heteroatoms. The first-order valence-electron chi connectivity index (χ1n) is 22.4. The zero-order valence-electron chi connectivity index (χ0n) is 37.9. The summed E-state index contributed by atoms with van der Waals surface area (Å²) < 4.78 is 24.2. The molecule has 4 amide bonds. The molecule has 0 fully saturated rings. The standard InChI is InChI=1S/C51H54N6O8S2/c1-51(2,67-66-15-9-14-47(52)58)25-48(59)55-34-17-30(28-64-45-23-39-37(21-43(45)62-3)49(60)56-35(26-53-39)19-32-10-5-7-12-41(32)56)16-31(18-34)29-65-46-24-40-38(22-44(46)63-4)50(61)57-36(27-54-40)20-33-11-6-8-13-42(33)57/h5-8,10-13,16-18,21-24,35-36,53-54H,9,14-15,19-20,25-29H2,1-4H3,(H2,52,58)(H,55,59)/t35-,36-/m0/s1. The van der Waals surface area contributed by atoms with E-state index in [0.717, 1.165) is 52.2 Å². The van der Waals surface area contributed by atoms with Crippen molar-refractivity contribution in [1.29, 1.82) is 0 Å². The van der Waals surface area contributed by atoms with Gasteiger partial charge in [0.15, 0.2) is 23.0 Å². The molecule has 5 aromatic rings. The summed E-state index contributed by atoms with van der Waals surface area (Å²) in [7, 11) is 6.32. The summed E-state index contributed by atoms with van der Waals surface area (Å²) in [6, 6.07) is 28.7. The van der Waals surface area contributed by atoms with Crippen molar-refractivity contribution in [2.45, 2.75) is 76.0 Å². The van der Waals surface area contributed by atoms with Crippen molar-refractivity contribution in [1.82, 2.24) is 0 Å². The molecule has 0 saturated heterocycles. The number of ether oxygens (including phenoxy) is 4. The molecule has 0 bridgehead atoms. The molecule has 67 heavy (non-hydrogen) atoms. The Bertz CT molecular complexity index is 2590. The van der Waals surface area contributed by atoms with Gasteiger partial charge in [-0.15, -0.1) is 0 Å². The van der Waals surface area contributed by atoms with Gasteiger partial charge >= 0.3 is 0 Å². The number of para-hydroxylation sites is 2. The van der Waals surface area contributed by atoms with Crippen LogP contribution in [0.1, 0.15) is 76.1 Å². The molecule has 0 unspecified atom stereocenters. The Hall–Kier alpha value is -6.52. The first-order chi connectivity index (χ1) is 32.4. The van der Waals surface area contributed by atoms with Gasteiger partial charge in [0.25, 0.3) is 11.8 Å². The maximum Gasteiger partial charge on any atom is 0.260 e. The van der Waals surface area contributed by atoms with Crippen LogP contribution in [0.2, 0.25) is 0 Å². The Labute approximate surface area is 398 Å². The third kappa shape index (κ3) is 9.82. The van der Waals surface area contributed by atoms with Gasteiger partial charge in [-0.05, 0) is 97.8 Å². The number of nitrogens with one attached hydrogen (secondary N) is 3. The number of carbonyl (C=O) groups excluding carboxylic acids is 4. The fourth-order valence-electron chi connectivity index (χ4n) is 9.28. The molecule has 0 radical (unpaired) electrons. The minimum atomic E-state index is -0.402. The quantitative estimate of drug-likeness (QED) is 0.0517. The fraction of sp³-hybridized carbons (Fsp3) is 0.333. The van der Waals surface area contributed by atoms with Crippen molar-refractivity contribution >= 4 is 73.7 Å². The minimum absolute atomic E-state index is 0.0251. The van der Waals surface area contributed by atoms with Gasteiger partial charge in [0.05, 0.1) is 48.8 Å². The molecule has 0 aliphatic carbocycles. The lowest BCUT2D eigenvalue weighted by atomic mass is 10.1. The Balaban J connectivity index is 0.951. The SMILES string of the molecule is COc1cc2c(cc1OCc1cc(COc3cc4c(cc3OC)C(=O)N3c5ccccc5C[C@H]3CN4)cc(NC(=O)CC(C)(C)SSCCCC(N)=O)c1)NC[C@@H]1Cc3ccccc3N1C2=O. The van der Waals surface area contributed by atoms with E-state index in [1.807, 2.05) is 90.4 Å². The Morgan fingerprint density at radius 2 is 1.24 bits per heavy atom. The van der Waals surface area contributed by atoms with Gasteiger partial charge in [-0.2, -0.15) is 0 Å². The van der Waals surface area contributed by atoms with E-state index in [9.17, 15) is 19.2 Å². The summed E-state index contributed by atoms with van der Waals surface area (Å²) >= 11 is 0. The van der Waals surface area contributed by atoms with Crippen LogP contribution in [0.4, 0.5) is 28.4 Å². The Morgan fingerprint density at radius 3 is 1.73 bits per heavy atom. The van der Waals surface area contributed by atoms with Crippen LogP contribution in [0.25, 0.3) is 0 Å². The van der Waals surface area contributed by atoms with E-state index >= 15 is 0 Å². The number of nitrogens with two attached hydrogens (primary N) is 1. The highest BCUT2D eigenvalue weighted by Crippen LogP contribution is 2.43. The van der Waals surface area contributed by atoms with E-state index < -0.39 is 4.75 Å². The lowest BCUT2D eigenvalue weighted by Crippen LogP contribution is -2.39. The summed E-state index contributed by atoms with van der Waals surface area (Å²) in [5.41, 5.74) is 13.8. The van der Waals surface area contributed by atoms with Gasteiger partial charge in [0.1, 0.15) is 13.2 Å². The van der Waals surface area contributed by atoms with E-state index in [2.05, 4.69) is 28.1 Å². The highest BCUT2D eigenvalue weighted by molar-refractivity contribution is 8.77. The topological polar surface area (TPSA) is 174 Å². The molecule has 4 aliphatic rings. The number of nitrogens with zero attached hydrogens (tertiary/aromatic N) is 2. The molecule has 5 aromatic carbocycles. The maximum absolute atomic E-state index is 14.1. The van der Waals surface area contributed by atoms with Crippen molar-refractivity contribution in [3.8, 4) is 23.0 Å². The lowest BCUT2D eigenvalue weighted by molar-refractivity contribution is -0.118. The minimum Gasteiger partial charge on any atom is -0.493 e. The summed E-state index contributed by atoms with van der Waals surface area (Å²) in [5, 5.41) is 10.1. The number of primary amides is 1. The van der Waals surface area contributed by atoms with Gasteiger partial charge in [-0.3, -0.25) is 19.2 Å². The van der Waals surface area contributed by atoms with Gasteiger partial charge in [-0.25, -0.2) is 0 Å². The fourth-order valence-corrected chi connectivity index (χ4v) is 11.9. The number of hydrogen-bond donors (Lipinski definition) is 4. The first-order valence-corrected chi connectivity index (χ1v) is 24.7. The Morgan fingerprint density at radius 1 is 0.731 bits per heavy atom. The molecular weight excluding hydrogens is 889 g/mol. The molecule has 0 aromatic heterocycles. The average Bonchev–Trinajstić information content (AvgIpc) is 3.80. The number of anilines is 5. The summed E-state index contributed by atoms with van der Waals surface area (Å²) in [4.78, 5) is 56.7. The number of fused-ring (bicyclic) bond motifs is 8. The summed E-state index contributed by atoms with van der Waals surface area (Å²) in [6.45, 7) is 5.37. The molecule has 4 heterocycles. The van der Waals surface area contributed by atoms with Crippen molar-refractivity contribution in [3.05, 3.63) is 124 Å². The highest BCUT2D eigenvalue weighted by Gasteiger charge is 2.39. The second-order valence-corrected chi connectivity index (χ2v) is 20.9. The zero-order valence-corrected chi connectivity index (χ0v) is 39.6. The molecular formula is C51H54N6O8S2. The van der Waals surface area contributed by atoms with Gasteiger partial charge in [0, 0.05) is 65.6 Å². The normalized spacial score (nSPS) is 16.7. The van der Waals surface area contributed by atoms with E-state index in [4.69, 9.17) is 24.7 Å². The third-order valence-electron chi connectivity index (χ3n) is 12.4. The summed E-state index contributed by atoms with van der Waals surface area (Å²) in [6.07, 6.45) is 2.77. The molecule has 0 spiro atoms. The molecule has 9 rings (SSSR count). The number of carbonyl (C=O) groups is 4. The van der Waals surface area contributed by atoms with Crippen molar-refractivity contribution in [2.75, 3.05) is 58.8 Å². The maximum atomic E-state index is 14.1. The van der Waals surface area contributed by atoms with E-state index in [0.29, 0.717) is 77.1 Å². The van der Waals surface area contributed by atoms with Crippen LogP contribution in [-0.4, -0.2) is 73.5 Å². The van der Waals surface area contributed by atoms with Crippen molar-refractivity contribution in [3.63, 3.8) is 0 Å². The van der Waals surface area contributed by atoms with Crippen molar-refractivity contribution < 1.29 is 38.1 Å². The van der Waals surface area contributed by atoms with E-state index in [1.54, 1.807) is 47.9 Å². The molecule has 348 valence electrons. The Kier molecular flexibility index (Phi) is 13.2.